The number of nitrogens with one attached hydrogen (secondary N) is 4. The molecule has 0 saturated carbocycles. The number of nitrogens with zero attached hydrogens (tertiary/aromatic N) is 1. The summed E-state index contributed by atoms with van der Waals surface area (Å²) in [6.45, 7) is 12.5. The molecule has 1 heterocycles. The molecule has 4 N–H and O–H groups in total. The second-order valence-electron chi connectivity index (χ2n) is 12.8. The van der Waals surface area contributed by atoms with Crippen LogP contribution in [0, 0.1) is 5.41 Å². The Balaban J connectivity index is 2.03. The molecule has 238 valence electrons. The predicted molar refractivity (Wildman–Crippen MR) is 160 cm³/mol. The van der Waals surface area contributed by atoms with Crippen molar-refractivity contribution in [2.75, 3.05) is 13.1 Å². The molecule has 0 radical (unpaired) electrons. The van der Waals surface area contributed by atoms with Crippen LogP contribution < -0.4 is 21.3 Å². The summed E-state index contributed by atoms with van der Waals surface area (Å²) < 4.78 is 5.35. The fourth-order valence-electron chi connectivity index (χ4n) is 4.63. The number of hydrogen-bond donors (Lipinski definition) is 4. The van der Waals surface area contributed by atoms with Crippen molar-refractivity contribution in [1.29, 1.82) is 0 Å². The molecule has 1 aliphatic heterocycles. The van der Waals surface area contributed by atoms with Crippen LogP contribution in [0.4, 0.5) is 4.79 Å². The van der Waals surface area contributed by atoms with Gasteiger partial charge in [0.25, 0.3) is 5.91 Å². The van der Waals surface area contributed by atoms with Gasteiger partial charge in [0, 0.05) is 13.1 Å². The number of carbonyl (C=O) groups is 6. The summed E-state index contributed by atoms with van der Waals surface area (Å²) in [6.07, 6.45) is 0.874. The molecule has 1 unspecified atom stereocenters. The van der Waals surface area contributed by atoms with Crippen molar-refractivity contribution in [2.45, 2.75) is 104 Å². The van der Waals surface area contributed by atoms with Gasteiger partial charge in [-0.15, -0.1) is 0 Å². The molecule has 1 fully saturated rings. The Morgan fingerprint density at radius 2 is 1.60 bits per heavy atom. The Morgan fingerprint density at radius 3 is 2.19 bits per heavy atom. The normalized spacial score (nSPS) is 16.4. The maximum Gasteiger partial charge on any atom is 0.408 e. The average molecular weight is 602 g/mol. The smallest absolute Gasteiger partial charge is 0.408 e. The molecular formula is C31H47N5O7. The van der Waals surface area contributed by atoms with E-state index in [1.807, 2.05) is 37.3 Å². The summed E-state index contributed by atoms with van der Waals surface area (Å²) in [5, 5.41) is 10.3. The summed E-state index contributed by atoms with van der Waals surface area (Å²) in [4.78, 5) is 78.7. The van der Waals surface area contributed by atoms with Gasteiger partial charge in [-0.05, 0) is 51.0 Å². The van der Waals surface area contributed by atoms with Gasteiger partial charge in [-0.1, -0.05) is 64.4 Å². The van der Waals surface area contributed by atoms with E-state index in [0.29, 0.717) is 25.8 Å². The number of amides is 5. The first-order valence-electron chi connectivity index (χ1n) is 14.8. The molecule has 0 spiro atoms. The van der Waals surface area contributed by atoms with Crippen LogP contribution in [0.3, 0.4) is 0 Å². The van der Waals surface area contributed by atoms with E-state index in [2.05, 4.69) is 21.3 Å². The van der Waals surface area contributed by atoms with E-state index >= 15 is 0 Å². The van der Waals surface area contributed by atoms with Crippen molar-refractivity contribution in [1.82, 2.24) is 26.2 Å². The van der Waals surface area contributed by atoms with E-state index in [1.54, 1.807) is 41.5 Å². The third kappa shape index (κ3) is 11.3. The van der Waals surface area contributed by atoms with Crippen LogP contribution in [0.2, 0.25) is 0 Å². The van der Waals surface area contributed by atoms with Crippen molar-refractivity contribution in [2.24, 2.45) is 5.41 Å². The lowest BCUT2D eigenvalue weighted by atomic mass is 9.85. The summed E-state index contributed by atoms with van der Waals surface area (Å²) in [7, 11) is 0. The minimum absolute atomic E-state index is 0.198. The lowest BCUT2D eigenvalue weighted by molar-refractivity contribution is -0.144. The van der Waals surface area contributed by atoms with E-state index in [4.69, 9.17) is 4.74 Å². The fraction of sp³-hybridized carbons (Fsp3) is 0.613. The standard InChI is InChI=1S/C31H47N5O7/c1-8-13-21(24(38)27(40)33-19-23(37)32-18-20-14-10-9-11-15-20)34-26(39)22-16-12-17-36(22)28(41)25(30(2,3)4)35-29(42)43-31(5,6)7/h9-11,14-15,21-22,25H,8,12-13,16-19H2,1-7H3,(H,32,37)(H,33,40)(H,34,39)(H,35,42)/t21?,22-,25+/m0/s1. The molecule has 5 amide bonds. The number of benzene rings is 1. The number of alkyl carbamates (subject to hydrolysis) is 1. The van der Waals surface area contributed by atoms with E-state index in [9.17, 15) is 28.8 Å². The van der Waals surface area contributed by atoms with Crippen LogP contribution >= 0.6 is 0 Å². The highest BCUT2D eigenvalue weighted by molar-refractivity contribution is 6.38. The Bertz CT molecular complexity index is 1160. The van der Waals surface area contributed by atoms with Gasteiger partial charge in [0.15, 0.2) is 0 Å². The SMILES string of the molecule is CCCC(NC(=O)[C@@H]1CCCN1C(=O)[C@@H](NC(=O)OC(C)(C)C)C(C)(C)C)C(=O)C(=O)NCC(=O)NCc1ccccc1. The van der Waals surface area contributed by atoms with Crippen LogP contribution in [0.5, 0.6) is 0 Å². The van der Waals surface area contributed by atoms with Crippen molar-refractivity contribution >= 4 is 35.5 Å². The molecule has 12 heteroatoms. The van der Waals surface area contributed by atoms with E-state index < -0.39 is 71.2 Å². The molecule has 43 heavy (non-hydrogen) atoms. The maximum atomic E-state index is 13.7. The van der Waals surface area contributed by atoms with E-state index in [0.717, 1.165) is 5.56 Å². The topological polar surface area (TPSA) is 163 Å². The highest BCUT2D eigenvalue weighted by Gasteiger charge is 2.43. The number of hydrogen-bond acceptors (Lipinski definition) is 7. The molecule has 3 atom stereocenters. The zero-order valence-electron chi connectivity index (χ0n) is 26.4. The third-order valence-corrected chi connectivity index (χ3v) is 6.79. The van der Waals surface area contributed by atoms with Crippen molar-refractivity contribution in [3.8, 4) is 0 Å². The van der Waals surface area contributed by atoms with Crippen LogP contribution in [-0.2, 0) is 35.3 Å². The highest BCUT2D eigenvalue weighted by Crippen LogP contribution is 2.26. The minimum atomic E-state index is -1.12. The zero-order chi connectivity index (χ0) is 32.4. The van der Waals surface area contributed by atoms with Crippen LogP contribution in [-0.4, -0.2) is 77.2 Å². The van der Waals surface area contributed by atoms with Gasteiger partial charge in [-0.25, -0.2) is 4.79 Å². The predicted octanol–water partition coefficient (Wildman–Crippen LogP) is 2.20. The molecule has 0 aliphatic carbocycles. The summed E-state index contributed by atoms with van der Waals surface area (Å²) >= 11 is 0. The monoisotopic (exact) mass is 601 g/mol. The Kier molecular flexibility index (Phi) is 12.7. The number of likely N-dealkylation sites (tertiary alicyclic amines) is 1. The Morgan fingerprint density at radius 1 is 0.953 bits per heavy atom. The second-order valence-corrected chi connectivity index (χ2v) is 12.8. The van der Waals surface area contributed by atoms with Crippen LogP contribution in [0.15, 0.2) is 30.3 Å². The van der Waals surface area contributed by atoms with Gasteiger partial charge in [0.1, 0.15) is 17.7 Å². The lowest BCUT2D eigenvalue weighted by Crippen LogP contribution is -2.59. The van der Waals surface area contributed by atoms with Gasteiger partial charge in [-0.3, -0.25) is 24.0 Å². The maximum absolute atomic E-state index is 13.7. The van der Waals surface area contributed by atoms with Gasteiger partial charge in [0.2, 0.25) is 23.5 Å². The van der Waals surface area contributed by atoms with Gasteiger partial charge < -0.3 is 30.9 Å². The molecular weight excluding hydrogens is 554 g/mol. The number of Topliss-reactive ketones (excluding diaryl/α,β-unsaturated/α-hetero) is 1. The van der Waals surface area contributed by atoms with Gasteiger partial charge >= 0.3 is 6.09 Å². The molecule has 1 aromatic rings. The van der Waals surface area contributed by atoms with E-state index in [-0.39, 0.29) is 13.0 Å². The van der Waals surface area contributed by atoms with Crippen LogP contribution in [0.25, 0.3) is 0 Å². The first-order chi connectivity index (χ1) is 20.0. The zero-order valence-corrected chi connectivity index (χ0v) is 26.4. The lowest BCUT2D eigenvalue weighted by Gasteiger charge is -2.36. The number of carbonyl (C=O) groups excluding carboxylic acids is 6. The average Bonchev–Trinajstić information content (AvgIpc) is 3.42. The fourth-order valence-corrected chi connectivity index (χ4v) is 4.63. The largest absolute Gasteiger partial charge is 0.444 e. The summed E-state index contributed by atoms with van der Waals surface area (Å²) in [6, 6.07) is 6.27. The summed E-state index contributed by atoms with van der Waals surface area (Å²) in [5.74, 6) is -3.32. The quantitative estimate of drug-likeness (QED) is 0.267. The molecule has 1 aliphatic rings. The number of ketones is 1. The first kappa shape index (κ1) is 35.2. The van der Waals surface area contributed by atoms with E-state index in [1.165, 1.54) is 4.90 Å². The van der Waals surface area contributed by atoms with Gasteiger partial charge in [-0.2, -0.15) is 0 Å². The third-order valence-electron chi connectivity index (χ3n) is 6.79. The second kappa shape index (κ2) is 15.5. The van der Waals surface area contributed by atoms with Gasteiger partial charge in [0.05, 0.1) is 12.6 Å². The number of rotatable bonds is 12. The molecule has 1 aromatic carbocycles. The molecule has 1 saturated heterocycles. The first-order valence-corrected chi connectivity index (χ1v) is 14.8. The Labute approximate surface area is 254 Å². The molecule has 0 aromatic heterocycles. The van der Waals surface area contributed by atoms with Crippen LogP contribution in [0.1, 0.15) is 79.7 Å². The highest BCUT2D eigenvalue weighted by atomic mass is 16.6. The minimum Gasteiger partial charge on any atom is -0.444 e. The number of ether oxygens (including phenoxy) is 1. The Hall–Kier alpha value is -3.96. The summed E-state index contributed by atoms with van der Waals surface area (Å²) in [5.41, 5.74) is -0.563. The van der Waals surface area contributed by atoms with Crippen molar-refractivity contribution < 1.29 is 33.5 Å². The van der Waals surface area contributed by atoms with Crippen molar-refractivity contribution in [3.63, 3.8) is 0 Å². The molecule has 12 nitrogen and oxygen atoms in total. The molecule has 0 bridgehead atoms. The molecule has 2 rings (SSSR count). The van der Waals surface area contributed by atoms with Crippen molar-refractivity contribution in [3.05, 3.63) is 35.9 Å².